The van der Waals surface area contributed by atoms with E-state index < -0.39 is 0 Å². The number of aromatic nitrogens is 1. The van der Waals surface area contributed by atoms with Crippen LogP contribution in [0, 0.1) is 11.3 Å². The first kappa shape index (κ1) is 21.7. The van der Waals surface area contributed by atoms with E-state index in [1.54, 1.807) is 4.90 Å². The third kappa shape index (κ3) is 4.02. The zero-order chi connectivity index (χ0) is 23.2. The molecular formula is C28H29N3OS. The molecule has 1 aliphatic rings. The summed E-state index contributed by atoms with van der Waals surface area (Å²) >= 11 is 1.40. The second-order valence-electron chi connectivity index (χ2n) is 9.91. The fraction of sp³-hybridized carbons (Fsp3) is 0.286. The molecule has 2 aromatic heterocycles. The predicted octanol–water partition coefficient (Wildman–Crippen LogP) is 7.01. The number of nitrogens with two attached hydrogens (primary N) is 1. The number of amides is 1. The summed E-state index contributed by atoms with van der Waals surface area (Å²) in [5.41, 5.74) is 11.5. The fourth-order valence-electron chi connectivity index (χ4n) is 4.73. The molecule has 4 aromatic rings. The molecule has 2 aromatic carbocycles. The Balaban J connectivity index is 1.58. The molecule has 4 nitrogen and oxygen atoms in total. The highest BCUT2D eigenvalue weighted by Gasteiger charge is 2.31. The maximum atomic E-state index is 13.9. The first-order valence-corrected chi connectivity index (χ1v) is 12.3. The third-order valence-corrected chi connectivity index (χ3v) is 7.84. The van der Waals surface area contributed by atoms with E-state index in [1.807, 2.05) is 60.7 Å². The standard InChI is InChI=1S/C28H29N3OS/c1-28(2,3)19-14-15-23-18(16-19)17-22-24(29)25(33-26(22)30-23)27(32)31(20-10-6-4-7-11-20)21-12-8-5-9-13-21/h4-13,17,19H,14-16,29H2,1-3H3/t19-/m1/s1. The minimum Gasteiger partial charge on any atom is -0.397 e. The maximum Gasteiger partial charge on any atom is 0.275 e. The monoisotopic (exact) mass is 455 g/mol. The molecule has 1 atom stereocenters. The first-order valence-electron chi connectivity index (χ1n) is 11.5. The summed E-state index contributed by atoms with van der Waals surface area (Å²) in [7, 11) is 0. The van der Waals surface area contributed by atoms with Gasteiger partial charge < -0.3 is 5.73 Å². The highest BCUT2D eigenvalue weighted by molar-refractivity contribution is 7.21. The number of para-hydroxylation sites is 2. The molecule has 0 saturated heterocycles. The van der Waals surface area contributed by atoms with Crippen LogP contribution in [-0.4, -0.2) is 10.9 Å². The van der Waals surface area contributed by atoms with Crippen molar-refractivity contribution in [2.75, 3.05) is 10.6 Å². The van der Waals surface area contributed by atoms with Crippen LogP contribution in [0.1, 0.15) is 48.1 Å². The van der Waals surface area contributed by atoms with E-state index in [2.05, 4.69) is 26.8 Å². The molecule has 0 aliphatic heterocycles. The van der Waals surface area contributed by atoms with Gasteiger partial charge in [0.1, 0.15) is 9.71 Å². The molecule has 1 amide bonds. The van der Waals surface area contributed by atoms with Gasteiger partial charge in [0, 0.05) is 22.5 Å². The van der Waals surface area contributed by atoms with Gasteiger partial charge in [-0.2, -0.15) is 0 Å². The largest absolute Gasteiger partial charge is 0.397 e. The number of rotatable bonds is 3. The Morgan fingerprint density at radius 2 is 1.64 bits per heavy atom. The summed E-state index contributed by atoms with van der Waals surface area (Å²) in [6, 6.07) is 21.6. The van der Waals surface area contributed by atoms with Crippen molar-refractivity contribution in [1.29, 1.82) is 0 Å². The zero-order valence-electron chi connectivity index (χ0n) is 19.3. The average molecular weight is 456 g/mol. The van der Waals surface area contributed by atoms with Crippen molar-refractivity contribution in [3.8, 4) is 0 Å². The van der Waals surface area contributed by atoms with Crippen LogP contribution in [0.3, 0.4) is 0 Å². The van der Waals surface area contributed by atoms with Gasteiger partial charge in [-0.15, -0.1) is 11.3 Å². The lowest BCUT2D eigenvalue weighted by Gasteiger charge is -2.34. The number of nitrogens with zero attached hydrogens (tertiary/aromatic N) is 2. The average Bonchev–Trinajstić information content (AvgIpc) is 3.13. The Morgan fingerprint density at radius 1 is 1.03 bits per heavy atom. The number of hydrogen-bond acceptors (Lipinski definition) is 4. The molecule has 1 aliphatic carbocycles. The molecule has 0 radical (unpaired) electrons. The number of fused-ring (bicyclic) bond motifs is 2. The van der Waals surface area contributed by atoms with Crippen LogP contribution in [0.5, 0.6) is 0 Å². The van der Waals surface area contributed by atoms with Crippen LogP contribution < -0.4 is 10.6 Å². The smallest absolute Gasteiger partial charge is 0.275 e. The number of anilines is 3. The minimum atomic E-state index is -0.126. The van der Waals surface area contributed by atoms with E-state index in [0.29, 0.717) is 16.5 Å². The summed E-state index contributed by atoms with van der Waals surface area (Å²) in [5, 5.41) is 0.901. The van der Waals surface area contributed by atoms with Crippen LogP contribution in [0.25, 0.3) is 10.2 Å². The lowest BCUT2D eigenvalue weighted by atomic mass is 9.71. The molecule has 0 saturated carbocycles. The van der Waals surface area contributed by atoms with Gasteiger partial charge in [0.05, 0.1) is 5.69 Å². The number of hydrogen-bond donors (Lipinski definition) is 1. The lowest BCUT2D eigenvalue weighted by Crippen LogP contribution is -2.27. The Hall–Kier alpha value is -3.18. The maximum absolute atomic E-state index is 13.9. The molecule has 0 bridgehead atoms. The highest BCUT2D eigenvalue weighted by Crippen LogP contribution is 2.41. The number of pyridine rings is 1. The number of nitrogen functional groups attached to an aromatic ring is 1. The molecule has 168 valence electrons. The lowest BCUT2D eigenvalue weighted by molar-refractivity contribution is 0.100. The molecule has 2 heterocycles. The summed E-state index contributed by atoms with van der Waals surface area (Å²) in [6.07, 6.45) is 3.15. The van der Waals surface area contributed by atoms with E-state index >= 15 is 0 Å². The number of carbonyl (C=O) groups is 1. The van der Waals surface area contributed by atoms with E-state index in [1.165, 1.54) is 16.9 Å². The summed E-state index contributed by atoms with van der Waals surface area (Å²) in [6.45, 7) is 6.93. The van der Waals surface area contributed by atoms with Crippen molar-refractivity contribution in [2.24, 2.45) is 11.3 Å². The summed E-state index contributed by atoms with van der Waals surface area (Å²) < 4.78 is 0. The van der Waals surface area contributed by atoms with Gasteiger partial charge in [-0.05, 0) is 66.5 Å². The Labute approximate surface area is 199 Å². The van der Waals surface area contributed by atoms with E-state index in [-0.39, 0.29) is 11.3 Å². The molecule has 33 heavy (non-hydrogen) atoms. The third-order valence-electron chi connectivity index (χ3n) is 6.74. The van der Waals surface area contributed by atoms with Crippen molar-refractivity contribution in [3.05, 3.63) is 82.9 Å². The fourth-order valence-corrected chi connectivity index (χ4v) is 5.75. The molecule has 2 N–H and O–H groups in total. The van der Waals surface area contributed by atoms with Crippen LogP contribution in [0.4, 0.5) is 17.1 Å². The van der Waals surface area contributed by atoms with Crippen molar-refractivity contribution < 1.29 is 4.79 Å². The quantitative estimate of drug-likeness (QED) is 0.361. The number of carbonyl (C=O) groups excluding carboxylic acids is 1. The van der Waals surface area contributed by atoms with Gasteiger partial charge in [-0.1, -0.05) is 57.2 Å². The molecule has 0 unspecified atom stereocenters. The molecular weight excluding hydrogens is 426 g/mol. The molecule has 0 spiro atoms. The topological polar surface area (TPSA) is 59.2 Å². The second kappa shape index (κ2) is 8.31. The van der Waals surface area contributed by atoms with E-state index in [9.17, 15) is 4.79 Å². The molecule has 5 heteroatoms. The Kier molecular flexibility index (Phi) is 5.45. The van der Waals surface area contributed by atoms with E-state index in [0.717, 1.165) is 46.5 Å². The SMILES string of the molecule is CC(C)(C)[C@@H]1CCc2nc3sc(C(=O)N(c4ccccc4)c4ccccc4)c(N)c3cc2C1. The van der Waals surface area contributed by atoms with Crippen LogP contribution in [0.2, 0.25) is 0 Å². The van der Waals surface area contributed by atoms with Gasteiger partial charge in [-0.25, -0.2) is 4.98 Å². The van der Waals surface area contributed by atoms with Gasteiger partial charge >= 0.3 is 0 Å². The Morgan fingerprint density at radius 3 is 2.21 bits per heavy atom. The molecule has 0 fully saturated rings. The zero-order valence-corrected chi connectivity index (χ0v) is 20.2. The van der Waals surface area contributed by atoms with Crippen LogP contribution in [0.15, 0.2) is 66.7 Å². The number of aryl methyl sites for hydroxylation is 1. The van der Waals surface area contributed by atoms with Crippen LogP contribution >= 0.6 is 11.3 Å². The highest BCUT2D eigenvalue weighted by atomic mass is 32.1. The van der Waals surface area contributed by atoms with Crippen molar-refractivity contribution in [2.45, 2.75) is 40.0 Å². The number of benzene rings is 2. The Bertz CT molecular complexity index is 1270. The molecule has 5 rings (SSSR count). The summed E-state index contributed by atoms with van der Waals surface area (Å²) in [4.78, 5) is 22.0. The van der Waals surface area contributed by atoms with Gasteiger partial charge in [0.25, 0.3) is 5.91 Å². The number of thiophene rings is 1. The van der Waals surface area contributed by atoms with Gasteiger partial charge in [0.15, 0.2) is 0 Å². The minimum absolute atomic E-state index is 0.126. The van der Waals surface area contributed by atoms with E-state index in [4.69, 9.17) is 10.7 Å². The van der Waals surface area contributed by atoms with Gasteiger partial charge in [-0.3, -0.25) is 9.69 Å². The van der Waals surface area contributed by atoms with Crippen molar-refractivity contribution in [1.82, 2.24) is 4.98 Å². The van der Waals surface area contributed by atoms with Crippen molar-refractivity contribution in [3.63, 3.8) is 0 Å². The first-order chi connectivity index (χ1) is 15.8. The van der Waals surface area contributed by atoms with Crippen molar-refractivity contribution >= 4 is 44.5 Å². The second-order valence-corrected chi connectivity index (χ2v) is 10.9. The van der Waals surface area contributed by atoms with Crippen LogP contribution in [-0.2, 0) is 12.8 Å². The summed E-state index contributed by atoms with van der Waals surface area (Å²) in [5.74, 6) is 0.496. The van der Waals surface area contributed by atoms with Gasteiger partial charge in [0.2, 0.25) is 0 Å². The normalized spacial score (nSPS) is 15.9. The predicted molar refractivity (Wildman–Crippen MR) is 138 cm³/mol.